The van der Waals surface area contributed by atoms with Crippen molar-refractivity contribution in [3.8, 4) is 0 Å². The molecular weight excluding hydrogens is 415 g/mol. The van der Waals surface area contributed by atoms with Gasteiger partial charge in [0.05, 0.1) is 18.7 Å². The Morgan fingerprint density at radius 2 is 1.70 bits per heavy atom. The fraction of sp³-hybridized carbons (Fsp3) is 0.308. The van der Waals surface area contributed by atoms with Crippen LogP contribution < -0.4 is 10.9 Å². The third-order valence-electron chi connectivity index (χ3n) is 2.89. The van der Waals surface area contributed by atoms with Gasteiger partial charge in [0.2, 0.25) is 5.39 Å². The first kappa shape index (κ1) is 23.1. The first-order chi connectivity index (χ1) is 12.4. The molecule has 0 amide bonds. The Hall–Kier alpha value is -1.93. The minimum atomic E-state index is -6.00. The highest BCUT2D eigenvalue weighted by Crippen LogP contribution is 2.46. The fourth-order valence-electron chi connectivity index (χ4n) is 2.00. The number of benzene rings is 1. The van der Waals surface area contributed by atoms with E-state index >= 15 is 0 Å². The molecule has 7 nitrogen and oxygen atoms in total. The van der Waals surface area contributed by atoms with Crippen LogP contribution in [0.4, 0.5) is 23.0 Å². The number of pyridine rings is 1. The van der Waals surface area contributed by atoms with Crippen molar-refractivity contribution in [2.75, 3.05) is 13.2 Å². The molecule has 0 aliphatic carbocycles. The average Bonchev–Trinajstić information content (AvgIpc) is 2.52. The maximum absolute atomic E-state index is 12.7. The number of diazo groups is 1. The van der Waals surface area contributed by atoms with Crippen molar-refractivity contribution in [1.29, 1.82) is 5.39 Å². The number of rotatable bonds is 5. The molecule has 148 valence electrons. The van der Waals surface area contributed by atoms with Crippen LogP contribution in [0.25, 0.3) is 15.9 Å². The Morgan fingerprint density at radius 3 is 2.15 bits per heavy atom. The molecule has 27 heavy (non-hydrogen) atoms. The second kappa shape index (κ2) is 9.33. The van der Waals surface area contributed by atoms with E-state index in [2.05, 4.69) is 9.96 Å². The number of nitrogens with one attached hydrogen (secondary N) is 1. The van der Waals surface area contributed by atoms with Gasteiger partial charge in [0, 0.05) is 11.5 Å². The van der Waals surface area contributed by atoms with Gasteiger partial charge >= 0.3 is 20.5 Å². The number of hydrogen-bond donors (Lipinski definition) is 1. The van der Waals surface area contributed by atoms with Crippen LogP contribution in [0.2, 0.25) is 5.02 Å². The lowest BCUT2D eigenvalue weighted by Gasteiger charge is -2.16. The van der Waals surface area contributed by atoms with Crippen LogP contribution in [0, 0.1) is 5.39 Å². The van der Waals surface area contributed by atoms with Crippen LogP contribution in [0.5, 0.6) is 0 Å². The molecule has 1 N–H and O–H groups in total. The number of nitrogens with zero attached hydrogens (tertiary/aromatic N) is 2. The molecular formula is C13H14BClF4N3O4P. The van der Waals surface area contributed by atoms with E-state index in [0.29, 0.717) is 10.9 Å². The quantitative estimate of drug-likeness (QED) is 0.317. The summed E-state index contributed by atoms with van der Waals surface area (Å²) < 4.78 is 62.1. The predicted molar refractivity (Wildman–Crippen MR) is 95.0 cm³/mol. The van der Waals surface area contributed by atoms with E-state index in [1.807, 2.05) is 0 Å². The van der Waals surface area contributed by atoms with Gasteiger partial charge in [-0.25, -0.2) is 0 Å². The maximum atomic E-state index is 12.7. The number of H-pyrrole nitrogens is 1. The van der Waals surface area contributed by atoms with Crippen LogP contribution in [-0.2, 0) is 13.6 Å². The van der Waals surface area contributed by atoms with Crippen molar-refractivity contribution in [2.45, 2.75) is 13.8 Å². The Kier molecular flexibility index (Phi) is 7.98. The second-order valence-corrected chi connectivity index (χ2v) is 7.20. The number of fused-ring (bicyclic) bond motifs is 1. The topological polar surface area (TPSA) is 96.5 Å². The van der Waals surface area contributed by atoms with Crippen molar-refractivity contribution >= 4 is 48.3 Å². The molecule has 0 saturated carbocycles. The lowest BCUT2D eigenvalue weighted by molar-refractivity contribution is 0.229. The van der Waals surface area contributed by atoms with Gasteiger partial charge in [-0.15, -0.1) is 0 Å². The van der Waals surface area contributed by atoms with Crippen molar-refractivity contribution in [3.05, 3.63) is 38.6 Å². The molecule has 0 aliphatic rings. The largest absolute Gasteiger partial charge is 0.673 e. The van der Waals surface area contributed by atoms with Gasteiger partial charge in [-0.2, -0.15) is 0 Å². The summed E-state index contributed by atoms with van der Waals surface area (Å²) in [5, 5.41) is 9.46. The van der Waals surface area contributed by atoms with Crippen LogP contribution in [0.3, 0.4) is 0 Å². The van der Waals surface area contributed by atoms with Gasteiger partial charge < -0.3 is 31.3 Å². The van der Waals surface area contributed by atoms with Crippen molar-refractivity contribution in [3.63, 3.8) is 0 Å². The molecule has 0 spiro atoms. The summed E-state index contributed by atoms with van der Waals surface area (Å²) >= 11 is 5.90. The van der Waals surface area contributed by atoms with E-state index in [-0.39, 0.29) is 29.2 Å². The maximum Gasteiger partial charge on any atom is 0.673 e. The summed E-state index contributed by atoms with van der Waals surface area (Å²) in [6.45, 7) is 3.58. The summed E-state index contributed by atoms with van der Waals surface area (Å²) in [4.78, 5) is 17.8. The molecule has 0 fully saturated rings. The molecule has 0 unspecified atom stereocenters. The molecule has 14 heteroatoms. The number of halogens is 5. The second-order valence-electron chi connectivity index (χ2n) is 4.80. The zero-order valence-electron chi connectivity index (χ0n) is 14.1. The molecule has 0 aliphatic heterocycles. The molecule has 1 aromatic heterocycles. The van der Waals surface area contributed by atoms with Gasteiger partial charge in [0.1, 0.15) is 10.3 Å². The van der Waals surface area contributed by atoms with Crippen LogP contribution in [0.15, 0.2) is 23.0 Å². The minimum absolute atomic E-state index is 0.102. The smallest absolute Gasteiger partial charge is 0.418 e. The number of aromatic amines is 1. The first-order valence-corrected chi connectivity index (χ1v) is 9.36. The Bertz CT molecular complexity index is 947. The van der Waals surface area contributed by atoms with Gasteiger partial charge in [0.15, 0.2) is 4.98 Å². The third kappa shape index (κ3) is 6.63. The lowest BCUT2D eigenvalue weighted by Crippen LogP contribution is -2.29. The van der Waals surface area contributed by atoms with E-state index < -0.39 is 20.4 Å². The molecule has 1 aromatic carbocycles. The zero-order valence-corrected chi connectivity index (χ0v) is 15.7. The SMILES string of the molecule is CCOP(=O)(OCC)c1cc2cc([N+]#N)c(Cl)cc2[nH]c1=O.F[B-](F)(F)F. The Labute approximate surface area is 155 Å². The Balaban J connectivity index is 0.000000646. The minimum Gasteiger partial charge on any atom is -0.418 e. The molecule has 0 saturated heterocycles. The van der Waals surface area contributed by atoms with E-state index in [9.17, 15) is 26.6 Å². The first-order valence-electron chi connectivity index (χ1n) is 7.43. The third-order valence-corrected chi connectivity index (χ3v) is 5.31. The average molecular weight is 430 g/mol. The van der Waals surface area contributed by atoms with E-state index in [1.165, 1.54) is 18.2 Å². The summed E-state index contributed by atoms with van der Waals surface area (Å²) in [7, 11) is -9.72. The summed E-state index contributed by atoms with van der Waals surface area (Å²) in [6.07, 6.45) is 0. The van der Waals surface area contributed by atoms with Crippen LogP contribution >= 0.6 is 19.2 Å². The summed E-state index contributed by atoms with van der Waals surface area (Å²) in [5.41, 5.74) is -0.0250. The molecule has 2 rings (SSSR count). The monoisotopic (exact) mass is 429 g/mol. The Morgan fingerprint density at radius 1 is 1.19 bits per heavy atom. The van der Waals surface area contributed by atoms with Gasteiger partial charge in [-0.1, -0.05) is 11.6 Å². The lowest BCUT2D eigenvalue weighted by atomic mass is 10.2. The summed E-state index contributed by atoms with van der Waals surface area (Å²) in [5.74, 6) is 0. The van der Waals surface area contributed by atoms with Crippen LogP contribution in [0.1, 0.15) is 13.8 Å². The number of aromatic nitrogens is 1. The molecule has 0 atom stereocenters. The molecule has 0 bridgehead atoms. The highest BCUT2D eigenvalue weighted by Gasteiger charge is 2.31. The molecule has 0 radical (unpaired) electrons. The number of hydrogen-bond acceptors (Lipinski definition) is 5. The van der Waals surface area contributed by atoms with E-state index in [4.69, 9.17) is 26.0 Å². The predicted octanol–water partition coefficient (Wildman–Crippen LogP) is 4.86. The van der Waals surface area contributed by atoms with Crippen molar-refractivity contribution < 1.29 is 30.9 Å². The van der Waals surface area contributed by atoms with Gasteiger partial charge in [-0.3, -0.25) is 9.36 Å². The van der Waals surface area contributed by atoms with E-state index in [1.54, 1.807) is 13.8 Å². The van der Waals surface area contributed by atoms with Gasteiger partial charge in [-0.05, 0) is 26.0 Å². The normalized spacial score (nSPS) is 11.6. The fourth-order valence-corrected chi connectivity index (χ4v) is 3.84. The highest BCUT2D eigenvalue weighted by molar-refractivity contribution is 7.62. The standard InChI is InChI=1S/C13H13ClN3O4P.BF4/c1-3-20-22(19,21-4-2)12-6-8-5-11(17-15)9(14)7-10(8)16-13(12)18;2-1(3,4)5/h5-7H,3-4H2,1-2H3;/q;-1/p+1. The van der Waals surface area contributed by atoms with Gasteiger partial charge in [0.25, 0.3) is 5.56 Å². The summed E-state index contributed by atoms with van der Waals surface area (Å²) in [6, 6.07) is 4.30. The molecule has 2 aromatic rings. The highest BCUT2D eigenvalue weighted by atomic mass is 35.5. The zero-order chi connectivity index (χ0) is 20.8. The van der Waals surface area contributed by atoms with Crippen LogP contribution in [-0.4, -0.2) is 25.5 Å². The van der Waals surface area contributed by atoms with Crippen molar-refractivity contribution in [2.24, 2.45) is 0 Å². The molecule has 1 heterocycles. The van der Waals surface area contributed by atoms with E-state index in [0.717, 1.165) is 0 Å². The van der Waals surface area contributed by atoms with Crippen molar-refractivity contribution in [1.82, 2.24) is 4.98 Å².